The summed E-state index contributed by atoms with van der Waals surface area (Å²) in [6, 6.07) is 11.1. The topological polar surface area (TPSA) is 53.4 Å². The summed E-state index contributed by atoms with van der Waals surface area (Å²) in [6.07, 6.45) is 0. The molecule has 7 heteroatoms. The van der Waals surface area contributed by atoms with E-state index in [-0.39, 0.29) is 5.56 Å². The molecule has 0 atom stereocenters. The third kappa shape index (κ3) is 3.07. The van der Waals surface area contributed by atoms with E-state index in [0.717, 1.165) is 5.56 Å². The van der Waals surface area contributed by atoms with Crippen molar-refractivity contribution in [3.8, 4) is 11.5 Å². The summed E-state index contributed by atoms with van der Waals surface area (Å²) in [7, 11) is 1.74. The normalized spacial score (nSPS) is 13.2. The molecule has 0 fully saturated rings. The maximum absolute atomic E-state index is 12.5. The van der Waals surface area contributed by atoms with Crippen molar-refractivity contribution in [3.05, 3.63) is 57.3 Å². The zero-order chi connectivity index (χ0) is 17.4. The van der Waals surface area contributed by atoms with Crippen LogP contribution in [0.1, 0.15) is 5.56 Å². The molecule has 2 heterocycles. The van der Waals surface area contributed by atoms with Gasteiger partial charge in [0, 0.05) is 12.8 Å². The van der Waals surface area contributed by atoms with Gasteiger partial charge >= 0.3 is 0 Å². The highest BCUT2D eigenvalue weighted by atomic mass is 35.5. The SMILES string of the molecule is Cn1c(SCc2cc(Cl)c3c(c2)OCCO3)nc2ccccc2c1=O. The van der Waals surface area contributed by atoms with E-state index < -0.39 is 0 Å². The second-order valence-corrected chi connectivity index (χ2v) is 7.02. The van der Waals surface area contributed by atoms with Crippen LogP contribution in [0.4, 0.5) is 0 Å². The molecule has 1 aromatic heterocycles. The number of nitrogens with zero attached hydrogens (tertiary/aromatic N) is 2. The summed E-state index contributed by atoms with van der Waals surface area (Å²) >= 11 is 7.76. The second kappa shape index (κ2) is 6.61. The van der Waals surface area contributed by atoms with Crippen LogP contribution in [-0.4, -0.2) is 22.8 Å². The maximum atomic E-state index is 12.5. The smallest absolute Gasteiger partial charge is 0.261 e. The van der Waals surface area contributed by atoms with Crippen molar-refractivity contribution < 1.29 is 9.47 Å². The highest BCUT2D eigenvalue weighted by Crippen LogP contribution is 2.39. The lowest BCUT2D eigenvalue weighted by Gasteiger charge is -2.20. The van der Waals surface area contributed by atoms with Gasteiger partial charge in [-0.15, -0.1) is 0 Å². The van der Waals surface area contributed by atoms with E-state index in [2.05, 4.69) is 4.98 Å². The van der Waals surface area contributed by atoms with Crippen molar-refractivity contribution in [2.75, 3.05) is 13.2 Å². The molecule has 3 aromatic rings. The Bertz CT molecular complexity index is 1020. The second-order valence-electron chi connectivity index (χ2n) is 5.67. The minimum Gasteiger partial charge on any atom is -0.486 e. The van der Waals surface area contributed by atoms with Crippen molar-refractivity contribution in [1.82, 2.24) is 9.55 Å². The van der Waals surface area contributed by atoms with Gasteiger partial charge in [-0.3, -0.25) is 9.36 Å². The summed E-state index contributed by atoms with van der Waals surface area (Å²) in [4.78, 5) is 17.1. The highest BCUT2D eigenvalue weighted by Gasteiger charge is 2.17. The Balaban J connectivity index is 1.64. The number of halogens is 1. The van der Waals surface area contributed by atoms with E-state index in [1.54, 1.807) is 17.7 Å². The minimum atomic E-state index is -0.0479. The predicted octanol–water partition coefficient (Wildman–Crippen LogP) is 3.65. The largest absolute Gasteiger partial charge is 0.486 e. The van der Waals surface area contributed by atoms with Gasteiger partial charge in [0.15, 0.2) is 16.7 Å². The first-order chi connectivity index (χ1) is 12.1. The van der Waals surface area contributed by atoms with Crippen LogP contribution in [0.15, 0.2) is 46.3 Å². The van der Waals surface area contributed by atoms with E-state index in [1.165, 1.54) is 11.8 Å². The van der Waals surface area contributed by atoms with Crippen LogP contribution >= 0.6 is 23.4 Å². The van der Waals surface area contributed by atoms with Gasteiger partial charge in [0.2, 0.25) is 0 Å². The van der Waals surface area contributed by atoms with Gasteiger partial charge < -0.3 is 9.47 Å². The first-order valence-electron chi connectivity index (χ1n) is 7.80. The molecule has 0 saturated carbocycles. The fourth-order valence-corrected chi connectivity index (χ4v) is 3.91. The van der Waals surface area contributed by atoms with Gasteiger partial charge in [0.25, 0.3) is 5.56 Å². The van der Waals surface area contributed by atoms with E-state index in [9.17, 15) is 4.79 Å². The Hall–Kier alpha value is -2.18. The zero-order valence-electron chi connectivity index (χ0n) is 13.5. The number of para-hydroxylation sites is 1. The predicted molar refractivity (Wildman–Crippen MR) is 99.0 cm³/mol. The van der Waals surface area contributed by atoms with Gasteiger partial charge in [-0.05, 0) is 29.8 Å². The molecule has 128 valence electrons. The summed E-state index contributed by atoms with van der Waals surface area (Å²) in [5.74, 6) is 1.88. The Morgan fingerprint density at radius 1 is 1.24 bits per heavy atom. The van der Waals surface area contributed by atoms with Gasteiger partial charge in [0.05, 0.1) is 15.9 Å². The lowest BCUT2D eigenvalue weighted by molar-refractivity contribution is 0.171. The maximum Gasteiger partial charge on any atom is 0.261 e. The number of benzene rings is 2. The Kier molecular flexibility index (Phi) is 4.31. The Morgan fingerprint density at radius 2 is 2.04 bits per heavy atom. The van der Waals surface area contributed by atoms with Crippen LogP contribution in [0.5, 0.6) is 11.5 Å². The number of hydrogen-bond acceptors (Lipinski definition) is 5. The van der Waals surface area contributed by atoms with Crippen LogP contribution in [0, 0.1) is 0 Å². The number of hydrogen-bond donors (Lipinski definition) is 0. The summed E-state index contributed by atoms with van der Waals surface area (Å²) in [5.41, 5.74) is 1.64. The summed E-state index contributed by atoms with van der Waals surface area (Å²) < 4.78 is 12.7. The molecule has 1 aliphatic heterocycles. The highest BCUT2D eigenvalue weighted by molar-refractivity contribution is 7.98. The number of aromatic nitrogens is 2. The zero-order valence-corrected chi connectivity index (χ0v) is 15.1. The molecule has 0 radical (unpaired) electrons. The molecule has 0 spiro atoms. The van der Waals surface area contributed by atoms with E-state index in [0.29, 0.717) is 51.5 Å². The fourth-order valence-electron chi connectivity index (χ4n) is 2.72. The molecule has 2 aromatic carbocycles. The quantitative estimate of drug-likeness (QED) is 0.517. The molecule has 0 unspecified atom stereocenters. The van der Waals surface area contributed by atoms with Crippen molar-refractivity contribution in [2.45, 2.75) is 10.9 Å². The van der Waals surface area contributed by atoms with Crippen LogP contribution < -0.4 is 15.0 Å². The molecule has 0 bridgehead atoms. The van der Waals surface area contributed by atoms with E-state index >= 15 is 0 Å². The summed E-state index contributed by atoms with van der Waals surface area (Å²) in [6.45, 7) is 1.02. The van der Waals surface area contributed by atoms with Crippen molar-refractivity contribution in [3.63, 3.8) is 0 Å². The van der Waals surface area contributed by atoms with E-state index in [4.69, 9.17) is 21.1 Å². The molecule has 0 aliphatic carbocycles. The number of fused-ring (bicyclic) bond motifs is 2. The van der Waals surface area contributed by atoms with Crippen LogP contribution in [0.3, 0.4) is 0 Å². The third-order valence-corrected chi connectivity index (χ3v) is 5.35. The van der Waals surface area contributed by atoms with E-state index in [1.807, 2.05) is 30.3 Å². The lowest BCUT2D eigenvalue weighted by atomic mass is 10.2. The van der Waals surface area contributed by atoms with Gasteiger partial charge in [-0.1, -0.05) is 35.5 Å². The molecule has 0 saturated heterocycles. The Morgan fingerprint density at radius 3 is 2.92 bits per heavy atom. The standard InChI is InChI=1S/C18H15ClN2O3S/c1-21-17(22)12-4-2-3-5-14(12)20-18(21)25-10-11-8-13(19)16-15(9-11)23-6-7-24-16/h2-5,8-9H,6-7,10H2,1H3. The monoisotopic (exact) mass is 374 g/mol. The van der Waals surface area contributed by atoms with Crippen LogP contribution in [0.25, 0.3) is 10.9 Å². The molecule has 1 aliphatic rings. The first kappa shape index (κ1) is 16.3. The number of thioether (sulfide) groups is 1. The minimum absolute atomic E-state index is 0.0479. The average Bonchev–Trinajstić information content (AvgIpc) is 2.63. The van der Waals surface area contributed by atoms with Gasteiger partial charge in [0.1, 0.15) is 13.2 Å². The van der Waals surface area contributed by atoms with Crippen molar-refractivity contribution >= 4 is 34.3 Å². The summed E-state index contributed by atoms with van der Waals surface area (Å²) in [5, 5.41) is 1.82. The molecule has 0 N–H and O–H groups in total. The van der Waals surface area contributed by atoms with Crippen molar-refractivity contribution in [2.24, 2.45) is 7.05 Å². The first-order valence-corrected chi connectivity index (χ1v) is 9.16. The fraction of sp³-hybridized carbons (Fsp3) is 0.222. The molecule has 0 amide bonds. The van der Waals surface area contributed by atoms with Gasteiger partial charge in [-0.25, -0.2) is 4.98 Å². The molecule has 4 rings (SSSR count). The molecule has 25 heavy (non-hydrogen) atoms. The average molecular weight is 375 g/mol. The molecular formula is C18H15ClN2O3S. The van der Waals surface area contributed by atoms with Crippen LogP contribution in [-0.2, 0) is 12.8 Å². The lowest BCUT2D eigenvalue weighted by Crippen LogP contribution is -2.19. The van der Waals surface area contributed by atoms with Crippen molar-refractivity contribution in [1.29, 1.82) is 0 Å². The van der Waals surface area contributed by atoms with Crippen LogP contribution in [0.2, 0.25) is 5.02 Å². The third-order valence-electron chi connectivity index (χ3n) is 3.97. The Labute approximate surface area is 153 Å². The molecule has 5 nitrogen and oxygen atoms in total. The van der Waals surface area contributed by atoms with Gasteiger partial charge in [-0.2, -0.15) is 0 Å². The number of rotatable bonds is 3. The number of ether oxygens (including phenoxy) is 2. The molecular weight excluding hydrogens is 360 g/mol.